The third-order valence-electron chi connectivity index (χ3n) is 4.60. The van der Waals surface area contributed by atoms with Gasteiger partial charge in [0.2, 0.25) is 11.7 Å². The molecule has 0 aliphatic carbocycles. The second-order valence-corrected chi connectivity index (χ2v) is 9.02. The Morgan fingerprint density at radius 2 is 1.97 bits per heavy atom. The number of amides is 2. The summed E-state index contributed by atoms with van der Waals surface area (Å²) in [6, 6.07) is 2.49. The van der Waals surface area contributed by atoms with E-state index < -0.39 is 23.6 Å². The minimum atomic E-state index is -0.840. The lowest BCUT2D eigenvalue weighted by atomic mass is 10.0. The van der Waals surface area contributed by atoms with Crippen LogP contribution in [0.3, 0.4) is 0 Å². The van der Waals surface area contributed by atoms with Gasteiger partial charge in [0.1, 0.15) is 17.4 Å². The van der Waals surface area contributed by atoms with E-state index in [1.54, 1.807) is 39.1 Å². The van der Waals surface area contributed by atoms with E-state index in [0.29, 0.717) is 34.7 Å². The standard InChI is InChI=1S/C22H29N7O5/c1-12(2)7-16(25-21(31)34-22(3,4)5)20(30)24-15-9-17(32-6)14(18-10-23-11-33-18)8-13(15)19-26-28-29-27-19/h8-12,16H,7H2,1-6H3,(H,24,30)(H,25,31)(H,26,27,28,29)/t16-/m1/s1. The van der Waals surface area contributed by atoms with E-state index in [0.717, 1.165) is 0 Å². The molecule has 3 N–H and O–H groups in total. The van der Waals surface area contributed by atoms with E-state index in [1.807, 2.05) is 13.8 Å². The van der Waals surface area contributed by atoms with E-state index >= 15 is 0 Å². The molecule has 0 unspecified atom stereocenters. The summed E-state index contributed by atoms with van der Waals surface area (Å²) < 4.78 is 16.3. The van der Waals surface area contributed by atoms with Crippen molar-refractivity contribution < 1.29 is 23.5 Å². The number of aromatic amines is 1. The molecule has 0 saturated carbocycles. The highest BCUT2D eigenvalue weighted by Crippen LogP contribution is 2.38. The summed E-state index contributed by atoms with van der Waals surface area (Å²) in [5, 5.41) is 19.6. The van der Waals surface area contributed by atoms with Crippen molar-refractivity contribution in [3.63, 3.8) is 0 Å². The van der Waals surface area contributed by atoms with Gasteiger partial charge in [0, 0.05) is 11.6 Å². The maximum absolute atomic E-state index is 13.3. The fraction of sp³-hybridized carbons (Fsp3) is 0.455. The first-order chi connectivity index (χ1) is 16.1. The van der Waals surface area contributed by atoms with Crippen molar-refractivity contribution >= 4 is 17.7 Å². The van der Waals surface area contributed by atoms with Gasteiger partial charge in [0.05, 0.1) is 24.6 Å². The summed E-state index contributed by atoms with van der Waals surface area (Å²) in [6.07, 6.45) is 2.57. The Kier molecular flexibility index (Phi) is 7.49. The number of methoxy groups -OCH3 is 1. The zero-order valence-electron chi connectivity index (χ0n) is 20.0. The molecule has 34 heavy (non-hydrogen) atoms. The first kappa shape index (κ1) is 24.7. The van der Waals surface area contributed by atoms with Gasteiger partial charge in [0.15, 0.2) is 12.2 Å². The van der Waals surface area contributed by atoms with Crippen LogP contribution in [0.2, 0.25) is 0 Å². The third kappa shape index (κ3) is 6.30. The molecule has 182 valence electrons. The fourth-order valence-electron chi connectivity index (χ4n) is 3.23. The lowest BCUT2D eigenvalue weighted by Gasteiger charge is -2.24. The van der Waals surface area contributed by atoms with E-state index in [-0.39, 0.29) is 11.7 Å². The number of nitrogens with zero attached hydrogens (tertiary/aromatic N) is 4. The molecule has 3 aromatic rings. The maximum Gasteiger partial charge on any atom is 0.408 e. The molecule has 1 aromatic carbocycles. The van der Waals surface area contributed by atoms with Crippen molar-refractivity contribution in [2.75, 3.05) is 12.4 Å². The van der Waals surface area contributed by atoms with Gasteiger partial charge in [-0.3, -0.25) is 4.79 Å². The highest BCUT2D eigenvalue weighted by atomic mass is 16.6. The Balaban J connectivity index is 1.95. The van der Waals surface area contributed by atoms with Crippen LogP contribution in [0.5, 0.6) is 5.75 Å². The maximum atomic E-state index is 13.3. The van der Waals surface area contributed by atoms with Crippen LogP contribution in [0.4, 0.5) is 10.5 Å². The molecule has 12 heteroatoms. The monoisotopic (exact) mass is 471 g/mol. The van der Waals surface area contributed by atoms with Crippen molar-refractivity contribution in [3.05, 3.63) is 24.7 Å². The first-order valence-corrected chi connectivity index (χ1v) is 10.7. The lowest BCUT2D eigenvalue weighted by Crippen LogP contribution is -2.46. The number of anilines is 1. The lowest BCUT2D eigenvalue weighted by molar-refractivity contribution is -0.118. The molecule has 0 radical (unpaired) electrons. The summed E-state index contributed by atoms with van der Waals surface area (Å²) in [4.78, 5) is 29.6. The number of ether oxygens (including phenoxy) is 2. The van der Waals surface area contributed by atoms with Gasteiger partial charge >= 0.3 is 6.09 Å². The van der Waals surface area contributed by atoms with Gasteiger partial charge < -0.3 is 24.5 Å². The quantitative estimate of drug-likeness (QED) is 0.448. The van der Waals surface area contributed by atoms with Crippen LogP contribution in [0.15, 0.2) is 29.1 Å². The van der Waals surface area contributed by atoms with Crippen LogP contribution >= 0.6 is 0 Å². The average molecular weight is 472 g/mol. The molecular formula is C22H29N7O5. The van der Waals surface area contributed by atoms with E-state index in [9.17, 15) is 9.59 Å². The number of rotatable bonds is 8. The number of carbonyl (C=O) groups is 2. The number of hydrogen-bond donors (Lipinski definition) is 3. The summed E-state index contributed by atoms with van der Waals surface area (Å²) in [5.41, 5.74) is 0.725. The second kappa shape index (κ2) is 10.3. The fourth-order valence-corrected chi connectivity index (χ4v) is 3.23. The summed E-state index contributed by atoms with van der Waals surface area (Å²) in [7, 11) is 1.50. The molecule has 0 aliphatic rings. The second-order valence-electron chi connectivity index (χ2n) is 9.02. The predicted octanol–water partition coefficient (Wildman–Crippen LogP) is 3.41. The molecule has 3 rings (SSSR count). The number of carbonyl (C=O) groups excluding carboxylic acids is 2. The number of nitrogens with one attached hydrogen (secondary N) is 3. The van der Waals surface area contributed by atoms with Crippen molar-refractivity contribution in [2.24, 2.45) is 5.92 Å². The largest absolute Gasteiger partial charge is 0.496 e. The van der Waals surface area contributed by atoms with E-state index in [4.69, 9.17) is 13.9 Å². The minimum absolute atomic E-state index is 0.130. The van der Waals surface area contributed by atoms with Gasteiger partial charge in [-0.1, -0.05) is 13.8 Å². The van der Waals surface area contributed by atoms with Crippen LogP contribution in [0, 0.1) is 5.92 Å². The van der Waals surface area contributed by atoms with Gasteiger partial charge in [-0.05, 0) is 44.4 Å². The zero-order valence-corrected chi connectivity index (χ0v) is 20.0. The highest BCUT2D eigenvalue weighted by Gasteiger charge is 2.27. The molecule has 0 fully saturated rings. The number of oxazole rings is 1. The SMILES string of the molecule is COc1cc(NC(=O)[C@@H](CC(C)C)NC(=O)OC(C)(C)C)c(-c2nn[nH]n2)cc1-c1cnco1. The smallest absolute Gasteiger partial charge is 0.408 e. The Labute approximate surface area is 196 Å². The van der Waals surface area contributed by atoms with Crippen molar-refractivity contribution in [3.8, 4) is 28.5 Å². The van der Waals surface area contributed by atoms with Gasteiger partial charge in [-0.2, -0.15) is 5.21 Å². The third-order valence-corrected chi connectivity index (χ3v) is 4.60. The van der Waals surface area contributed by atoms with Crippen LogP contribution in [-0.2, 0) is 9.53 Å². The molecule has 2 amide bonds. The minimum Gasteiger partial charge on any atom is -0.496 e. The Bertz CT molecular complexity index is 1110. The molecule has 0 aliphatic heterocycles. The Morgan fingerprint density at radius 3 is 2.53 bits per heavy atom. The topological polar surface area (TPSA) is 157 Å². The van der Waals surface area contributed by atoms with Gasteiger partial charge in [-0.25, -0.2) is 9.78 Å². The Morgan fingerprint density at radius 1 is 1.21 bits per heavy atom. The van der Waals surface area contributed by atoms with Crippen LogP contribution in [-0.4, -0.2) is 56.4 Å². The van der Waals surface area contributed by atoms with Crippen LogP contribution < -0.4 is 15.4 Å². The number of H-pyrrole nitrogens is 1. The van der Waals surface area contributed by atoms with E-state index in [1.165, 1.54) is 13.5 Å². The Hall–Kier alpha value is -3.96. The molecule has 12 nitrogen and oxygen atoms in total. The van der Waals surface area contributed by atoms with E-state index in [2.05, 4.69) is 36.2 Å². The molecule has 0 spiro atoms. The summed E-state index contributed by atoms with van der Waals surface area (Å²) in [6.45, 7) is 9.17. The van der Waals surface area contributed by atoms with Crippen molar-refractivity contribution in [1.82, 2.24) is 30.9 Å². The molecular weight excluding hydrogens is 442 g/mol. The number of tetrazole rings is 1. The van der Waals surface area contributed by atoms with Gasteiger partial charge in [0.25, 0.3) is 0 Å². The normalized spacial score (nSPS) is 12.3. The number of aromatic nitrogens is 5. The molecule has 2 heterocycles. The number of hydrogen-bond acceptors (Lipinski definition) is 9. The van der Waals surface area contributed by atoms with Crippen LogP contribution in [0.25, 0.3) is 22.7 Å². The van der Waals surface area contributed by atoms with Crippen LogP contribution in [0.1, 0.15) is 41.0 Å². The van der Waals surface area contributed by atoms with Gasteiger partial charge in [-0.15, -0.1) is 10.2 Å². The number of alkyl carbamates (subject to hydrolysis) is 1. The molecule has 1 atom stereocenters. The zero-order chi connectivity index (χ0) is 24.9. The summed E-state index contributed by atoms with van der Waals surface area (Å²) >= 11 is 0. The number of benzene rings is 1. The first-order valence-electron chi connectivity index (χ1n) is 10.7. The molecule has 0 saturated heterocycles. The predicted molar refractivity (Wildman–Crippen MR) is 123 cm³/mol. The van der Waals surface area contributed by atoms with Crippen molar-refractivity contribution in [1.29, 1.82) is 0 Å². The molecule has 0 bridgehead atoms. The van der Waals surface area contributed by atoms with Crippen molar-refractivity contribution in [2.45, 2.75) is 52.7 Å². The highest BCUT2D eigenvalue weighted by molar-refractivity contribution is 6.00. The average Bonchev–Trinajstić information content (AvgIpc) is 3.45. The molecule has 2 aromatic heterocycles. The summed E-state index contributed by atoms with van der Waals surface area (Å²) in [5.74, 6) is 0.840.